The van der Waals surface area contributed by atoms with Crippen molar-refractivity contribution in [1.82, 2.24) is 4.90 Å². The van der Waals surface area contributed by atoms with E-state index in [9.17, 15) is 4.79 Å². The van der Waals surface area contributed by atoms with E-state index >= 15 is 0 Å². The van der Waals surface area contributed by atoms with E-state index in [-0.39, 0.29) is 12.5 Å². The summed E-state index contributed by atoms with van der Waals surface area (Å²) in [6, 6.07) is 0. The summed E-state index contributed by atoms with van der Waals surface area (Å²) < 4.78 is 0. The maximum atomic E-state index is 11.3. The van der Waals surface area contributed by atoms with E-state index in [4.69, 9.17) is 5.73 Å². The number of rotatable bonds is 6. The molecule has 3 heteroatoms. The van der Waals surface area contributed by atoms with Crippen molar-refractivity contribution in [3.63, 3.8) is 0 Å². The highest BCUT2D eigenvalue weighted by Gasteiger charge is 2.08. The largest absolute Gasteiger partial charge is 0.338 e. The molecule has 0 aliphatic carbocycles. The number of hydrogen-bond acceptors (Lipinski definition) is 2. The quantitative estimate of drug-likeness (QED) is 0.629. The first-order valence-electron chi connectivity index (χ1n) is 4.85. The van der Waals surface area contributed by atoms with Crippen LogP contribution < -0.4 is 5.73 Å². The van der Waals surface area contributed by atoms with Crippen LogP contribution in [0.4, 0.5) is 0 Å². The summed E-state index contributed by atoms with van der Waals surface area (Å²) in [5.41, 5.74) is 5.30. The van der Waals surface area contributed by atoms with Gasteiger partial charge in [0.15, 0.2) is 0 Å². The van der Waals surface area contributed by atoms with Crippen LogP contribution in [0.1, 0.15) is 26.7 Å². The number of carbonyl (C=O) groups excluding carboxylic acids is 1. The second kappa shape index (κ2) is 7.80. The molecule has 0 aromatic carbocycles. The van der Waals surface area contributed by atoms with Crippen molar-refractivity contribution in [3.05, 3.63) is 12.2 Å². The normalized spacial score (nSPS) is 10.7. The van der Waals surface area contributed by atoms with Crippen molar-refractivity contribution in [2.75, 3.05) is 19.6 Å². The van der Waals surface area contributed by atoms with Gasteiger partial charge in [-0.05, 0) is 13.3 Å². The summed E-state index contributed by atoms with van der Waals surface area (Å²) in [6.07, 6.45) is 6.07. The van der Waals surface area contributed by atoms with Gasteiger partial charge in [0, 0.05) is 13.1 Å². The third kappa shape index (κ3) is 5.42. The lowest BCUT2D eigenvalue weighted by Gasteiger charge is -2.19. The zero-order valence-corrected chi connectivity index (χ0v) is 8.62. The van der Waals surface area contributed by atoms with E-state index in [1.54, 1.807) is 4.90 Å². The highest BCUT2D eigenvalue weighted by atomic mass is 16.2. The van der Waals surface area contributed by atoms with Crippen molar-refractivity contribution in [2.24, 2.45) is 5.73 Å². The van der Waals surface area contributed by atoms with Gasteiger partial charge in [-0.2, -0.15) is 0 Å². The van der Waals surface area contributed by atoms with E-state index in [2.05, 4.69) is 6.92 Å². The van der Waals surface area contributed by atoms with Gasteiger partial charge in [0.05, 0.1) is 6.54 Å². The number of nitrogens with zero attached hydrogens (tertiary/aromatic N) is 1. The van der Waals surface area contributed by atoms with E-state index < -0.39 is 0 Å². The molecule has 0 atom stereocenters. The molecule has 1 amide bonds. The van der Waals surface area contributed by atoms with Gasteiger partial charge < -0.3 is 10.6 Å². The van der Waals surface area contributed by atoms with Gasteiger partial charge in [-0.15, -0.1) is 0 Å². The molecule has 0 saturated heterocycles. The zero-order chi connectivity index (χ0) is 10.1. The second-order valence-corrected chi connectivity index (χ2v) is 2.97. The van der Waals surface area contributed by atoms with Gasteiger partial charge in [0.2, 0.25) is 5.91 Å². The molecule has 3 nitrogen and oxygen atoms in total. The van der Waals surface area contributed by atoms with Gasteiger partial charge in [-0.3, -0.25) is 4.79 Å². The molecule has 0 aromatic rings. The topological polar surface area (TPSA) is 46.3 Å². The van der Waals surface area contributed by atoms with Crippen LogP contribution in [0.3, 0.4) is 0 Å². The highest BCUT2D eigenvalue weighted by molar-refractivity contribution is 5.78. The minimum atomic E-state index is 0.0338. The maximum absolute atomic E-state index is 11.3. The minimum absolute atomic E-state index is 0.0338. The van der Waals surface area contributed by atoms with Crippen molar-refractivity contribution in [2.45, 2.75) is 26.7 Å². The lowest BCUT2D eigenvalue weighted by molar-refractivity contribution is -0.129. The van der Waals surface area contributed by atoms with Gasteiger partial charge >= 0.3 is 0 Å². The molecule has 2 N–H and O–H groups in total. The van der Waals surface area contributed by atoms with E-state index in [0.29, 0.717) is 6.54 Å². The summed E-state index contributed by atoms with van der Waals surface area (Å²) in [4.78, 5) is 13.1. The Kier molecular flexibility index (Phi) is 7.30. The number of carbonyl (C=O) groups is 1. The van der Waals surface area contributed by atoms with Crippen LogP contribution in [0, 0.1) is 0 Å². The Balaban J connectivity index is 3.94. The van der Waals surface area contributed by atoms with Crippen LogP contribution in [0.15, 0.2) is 12.2 Å². The zero-order valence-electron chi connectivity index (χ0n) is 8.62. The Morgan fingerprint density at radius 1 is 1.54 bits per heavy atom. The van der Waals surface area contributed by atoms with Crippen LogP contribution >= 0.6 is 0 Å². The van der Waals surface area contributed by atoms with E-state index in [0.717, 1.165) is 19.4 Å². The van der Waals surface area contributed by atoms with E-state index in [1.165, 1.54) is 0 Å². The lowest BCUT2D eigenvalue weighted by Crippen LogP contribution is -2.36. The highest BCUT2D eigenvalue weighted by Crippen LogP contribution is 1.95. The summed E-state index contributed by atoms with van der Waals surface area (Å²) in [5, 5.41) is 0. The lowest BCUT2D eigenvalue weighted by atomic mass is 10.3. The average molecular weight is 184 g/mol. The molecule has 0 rings (SSSR count). The number of amides is 1. The first-order chi connectivity index (χ1) is 6.26. The van der Waals surface area contributed by atoms with Crippen molar-refractivity contribution >= 4 is 5.91 Å². The first kappa shape index (κ1) is 12.2. The maximum Gasteiger partial charge on any atom is 0.236 e. The first-order valence-corrected chi connectivity index (χ1v) is 4.85. The Bertz CT molecular complexity index is 166. The molecular weight excluding hydrogens is 164 g/mol. The van der Waals surface area contributed by atoms with Gasteiger partial charge in [-0.1, -0.05) is 25.5 Å². The fourth-order valence-corrected chi connectivity index (χ4v) is 1.03. The molecule has 0 heterocycles. The smallest absolute Gasteiger partial charge is 0.236 e. The standard InChI is InChI=1S/C10H20N2O/c1-3-5-7-12(8-6-4-2)10(13)9-11/h3,5H,4,6-9,11H2,1-2H3/b5-3+. The number of hydrogen-bond donors (Lipinski definition) is 1. The van der Waals surface area contributed by atoms with Gasteiger partial charge in [0.25, 0.3) is 0 Å². The number of nitrogens with two attached hydrogens (primary N) is 1. The molecule has 0 saturated carbocycles. The predicted molar refractivity (Wildman–Crippen MR) is 55.4 cm³/mol. The Labute approximate surface area is 80.6 Å². The Morgan fingerprint density at radius 3 is 2.69 bits per heavy atom. The molecule has 0 radical (unpaired) electrons. The molecule has 0 unspecified atom stereocenters. The molecule has 0 aliphatic heterocycles. The molecule has 0 bridgehead atoms. The van der Waals surface area contributed by atoms with Gasteiger partial charge in [-0.25, -0.2) is 0 Å². The Morgan fingerprint density at radius 2 is 2.23 bits per heavy atom. The summed E-state index contributed by atoms with van der Waals surface area (Å²) in [5.74, 6) is 0.0338. The number of allylic oxidation sites excluding steroid dienone is 1. The van der Waals surface area contributed by atoms with Crippen LogP contribution in [-0.2, 0) is 4.79 Å². The average Bonchev–Trinajstić information content (AvgIpc) is 2.17. The second-order valence-electron chi connectivity index (χ2n) is 2.97. The van der Waals surface area contributed by atoms with Crippen molar-refractivity contribution in [1.29, 1.82) is 0 Å². The van der Waals surface area contributed by atoms with Crippen molar-refractivity contribution < 1.29 is 4.79 Å². The predicted octanol–water partition coefficient (Wildman–Crippen LogP) is 1.15. The van der Waals surface area contributed by atoms with Gasteiger partial charge in [0.1, 0.15) is 0 Å². The fourth-order valence-electron chi connectivity index (χ4n) is 1.03. The monoisotopic (exact) mass is 184 g/mol. The molecule has 76 valence electrons. The third-order valence-corrected chi connectivity index (χ3v) is 1.87. The SMILES string of the molecule is C/C=C/CN(CCCC)C(=O)CN. The molecule has 0 aromatic heterocycles. The van der Waals surface area contributed by atoms with Crippen LogP contribution in [0.2, 0.25) is 0 Å². The Hall–Kier alpha value is -0.830. The molecule has 0 fully saturated rings. The summed E-state index contributed by atoms with van der Waals surface area (Å²) in [6.45, 7) is 5.68. The molecule has 0 spiro atoms. The number of unbranched alkanes of at least 4 members (excludes halogenated alkanes) is 1. The minimum Gasteiger partial charge on any atom is -0.338 e. The van der Waals surface area contributed by atoms with Crippen LogP contribution in [0.5, 0.6) is 0 Å². The molecule has 0 aliphatic rings. The van der Waals surface area contributed by atoms with Crippen molar-refractivity contribution in [3.8, 4) is 0 Å². The van der Waals surface area contributed by atoms with Crippen LogP contribution in [0.25, 0.3) is 0 Å². The fraction of sp³-hybridized carbons (Fsp3) is 0.700. The van der Waals surface area contributed by atoms with Crippen LogP contribution in [-0.4, -0.2) is 30.4 Å². The van der Waals surface area contributed by atoms with E-state index in [1.807, 2.05) is 19.1 Å². The molecular formula is C10H20N2O. The summed E-state index contributed by atoms with van der Waals surface area (Å²) >= 11 is 0. The summed E-state index contributed by atoms with van der Waals surface area (Å²) in [7, 11) is 0. The third-order valence-electron chi connectivity index (χ3n) is 1.87. The molecule has 13 heavy (non-hydrogen) atoms.